The maximum absolute atomic E-state index is 13.4. The number of ketones is 2. The van der Waals surface area contributed by atoms with Gasteiger partial charge in [-0.1, -0.05) is 42.8 Å². The van der Waals surface area contributed by atoms with Crippen LogP contribution in [0.3, 0.4) is 0 Å². The summed E-state index contributed by atoms with van der Waals surface area (Å²) in [6.45, 7) is 6.00. The molecule has 4 fully saturated rings. The van der Waals surface area contributed by atoms with E-state index in [9.17, 15) is 9.59 Å². The highest BCUT2D eigenvalue weighted by Gasteiger charge is 2.75. The Morgan fingerprint density at radius 1 is 1.03 bits per heavy atom. The fraction of sp³-hybridized carbons (Fsp3) is 0.643. The van der Waals surface area contributed by atoms with Gasteiger partial charge in [0.25, 0.3) is 0 Å². The molecule has 1 aromatic rings. The summed E-state index contributed by atoms with van der Waals surface area (Å²) >= 11 is 0. The number of allylic oxidation sites excluding steroid dienone is 1. The minimum Gasteiger partial charge on any atom is -0.339 e. The van der Waals surface area contributed by atoms with E-state index in [0.717, 1.165) is 44.1 Å². The van der Waals surface area contributed by atoms with E-state index in [2.05, 4.69) is 6.92 Å². The lowest BCUT2D eigenvalue weighted by atomic mass is 9.50. The predicted molar refractivity (Wildman–Crippen MR) is 121 cm³/mol. The molecule has 1 saturated heterocycles. The van der Waals surface area contributed by atoms with E-state index in [1.807, 2.05) is 43.3 Å². The summed E-state index contributed by atoms with van der Waals surface area (Å²) in [7, 11) is 0. The van der Waals surface area contributed by atoms with Crippen LogP contribution in [0.2, 0.25) is 0 Å². The lowest BCUT2D eigenvalue weighted by molar-refractivity contribution is -0.226. The summed E-state index contributed by atoms with van der Waals surface area (Å²) in [5.41, 5.74) is 1.27. The van der Waals surface area contributed by atoms with Crippen molar-refractivity contribution in [1.82, 2.24) is 0 Å². The first-order valence-corrected chi connectivity index (χ1v) is 12.5. The van der Waals surface area contributed by atoms with Gasteiger partial charge in [0.05, 0.1) is 6.10 Å². The third-order valence-corrected chi connectivity index (χ3v) is 10.0. The van der Waals surface area contributed by atoms with Gasteiger partial charge in [-0.2, -0.15) is 0 Å². The molecule has 0 amide bonds. The van der Waals surface area contributed by atoms with Crippen molar-refractivity contribution in [2.45, 2.75) is 83.2 Å². The van der Waals surface area contributed by atoms with E-state index >= 15 is 0 Å². The number of hydrogen-bond acceptors (Lipinski definition) is 4. The van der Waals surface area contributed by atoms with Crippen LogP contribution in [0.1, 0.15) is 71.3 Å². The maximum atomic E-state index is 13.4. The van der Waals surface area contributed by atoms with Crippen LogP contribution >= 0.6 is 0 Å². The van der Waals surface area contributed by atoms with Crippen molar-refractivity contribution in [1.29, 1.82) is 0 Å². The van der Waals surface area contributed by atoms with Gasteiger partial charge >= 0.3 is 0 Å². The number of rotatable bonds is 2. The molecule has 3 saturated carbocycles. The van der Waals surface area contributed by atoms with Crippen LogP contribution in [0.25, 0.3) is 0 Å². The van der Waals surface area contributed by atoms with E-state index in [1.165, 1.54) is 5.57 Å². The van der Waals surface area contributed by atoms with Crippen molar-refractivity contribution in [2.75, 3.05) is 0 Å². The van der Waals surface area contributed by atoms with Crippen molar-refractivity contribution in [3.63, 3.8) is 0 Å². The third-order valence-electron chi connectivity index (χ3n) is 10.0. The van der Waals surface area contributed by atoms with Gasteiger partial charge in [0.2, 0.25) is 0 Å². The first kappa shape index (κ1) is 20.8. The van der Waals surface area contributed by atoms with E-state index in [-0.39, 0.29) is 17.3 Å². The lowest BCUT2D eigenvalue weighted by Gasteiger charge is -2.55. The zero-order valence-corrected chi connectivity index (χ0v) is 19.4. The summed E-state index contributed by atoms with van der Waals surface area (Å²) in [6.07, 6.45) is 8.60. The third kappa shape index (κ3) is 2.57. The Kier molecular flexibility index (Phi) is 4.46. The smallest absolute Gasteiger partial charge is 0.193 e. The Morgan fingerprint density at radius 3 is 2.56 bits per heavy atom. The molecule has 0 bridgehead atoms. The molecule has 32 heavy (non-hydrogen) atoms. The molecule has 0 spiro atoms. The number of ether oxygens (including phenoxy) is 2. The van der Waals surface area contributed by atoms with Crippen LogP contribution in [-0.2, 0) is 24.8 Å². The lowest BCUT2D eigenvalue weighted by Crippen LogP contribution is -2.59. The van der Waals surface area contributed by atoms with Crippen LogP contribution in [-0.4, -0.2) is 23.3 Å². The van der Waals surface area contributed by atoms with E-state index < -0.39 is 11.4 Å². The monoisotopic (exact) mass is 434 g/mol. The Labute approximate surface area is 190 Å². The molecular weight excluding hydrogens is 400 g/mol. The van der Waals surface area contributed by atoms with Crippen LogP contribution in [0.15, 0.2) is 42.0 Å². The minimum atomic E-state index is -0.894. The molecule has 170 valence electrons. The second-order valence-electron chi connectivity index (χ2n) is 11.3. The highest BCUT2D eigenvalue weighted by Crippen LogP contribution is 2.69. The zero-order chi connectivity index (χ0) is 22.3. The molecule has 6 rings (SSSR count). The Bertz CT molecular complexity index is 998. The number of carbonyl (C=O) groups excluding carboxylic acids is 2. The largest absolute Gasteiger partial charge is 0.339 e. The van der Waals surface area contributed by atoms with Crippen molar-refractivity contribution >= 4 is 11.6 Å². The number of hydrogen-bond donors (Lipinski definition) is 0. The van der Waals surface area contributed by atoms with Crippen LogP contribution < -0.4 is 0 Å². The van der Waals surface area contributed by atoms with Gasteiger partial charge in [-0.25, -0.2) is 0 Å². The van der Waals surface area contributed by atoms with Crippen LogP contribution in [0, 0.1) is 29.1 Å². The van der Waals surface area contributed by atoms with Crippen molar-refractivity contribution in [3.05, 3.63) is 47.5 Å². The van der Waals surface area contributed by atoms with Gasteiger partial charge < -0.3 is 9.47 Å². The van der Waals surface area contributed by atoms with E-state index in [0.29, 0.717) is 35.9 Å². The highest BCUT2D eigenvalue weighted by atomic mass is 16.8. The molecule has 0 aromatic heterocycles. The normalized spacial score (nSPS) is 47.2. The molecule has 0 unspecified atom stereocenters. The molecule has 1 aromatic carbocycles. The molecule has 4 heteroatoms. The molecule has 1 heterocycles. The SMILES string of the molecule is CC(=O)[C@]12O[C@](C)(c3ccccc3)O[C@@H]1C[C@@H]1[C@@H]3CCC4=CC(=O)CC[C@@H]4[C@@H]3CC[C@]12C. The van der Waals surface area contributed by atoms with Crippen LogP contribution in [0.4, 0.5) is 0 Å². The highest BCUT2D eigenvalue weighted by molar-refractivity contribution is 5.91. The first-order valence-electron chi connectivity index (χ1n) is 12.5. The number of fused-ring (bicyclic) bond motifs is 7. The summed E-state index contributed by atoms with van der Waals surface area (Å²) < 4.78 is 13.5. The van der Waals surface area contributed by atoms with Gasteiger partial charge in [-0.3, -0.25) is 9.59 Å². The standard InChI is InChI=1S/C28H34O4/c1-17(29)28-25(31-27(3,32-28)19-7-5-4-6-8-19)16-24-23-11-9-18-15-20(30)10-12-21(18)22(23)13-14-26(24,28)2/h4-8,15,21-25H,9-14,16H2,1-3H3/t21-,22-,23+,24+,25+,26+,27+,28-/m0/s1. The zero-order valence-electron chi connectivity index (χ0n) is 19.4. The second kappa shape index (κ2) is 6.87. The summed E-state index contributed by atoms with van der Waals surface area (Å²) in [5, 5.41) is 0. The molecule has 8 atom stereocenters. The van der Waals surface area contributed by atoms with Crippen molar-refractivity contribution < 1.29 is 19.1 Å². The summed E-state index contributed by atoms with van der Waals surface area (Å²) in [5.74, 6) is 1.73. The molecular formula is C28H34O4. The van der Waals surface area contributed by atoms with Crippen molar-refractivity contribution in [3.8, 4) is 0 Å². The van der Waals surface area contributed by atoms with Gasteiger partial charge in [0.1, 0.15) is 0 Å². The van der Waals surface area contributed by atoms with Gasteiger partial charge in [-0.15, -0.1) is 0 Å². The Balaban J connectivity index is 1.36. The topological polar surface area (TPSA) is 52.6 Å². The molecule has 0 radical (unpaired) electrons. The minimum absolute atomic E-state index is 0.116. The molecule has 4 nitrogen and oxygen atoms in total. The van der Waals surface area contributed by atoms with Crippen LogP contribution in [0.5, 0.6) is 0 Å². The fourth-order valence-corrected chi connectivity index (χ4v) is 8.65. The van der Waals surface area contributed by atoms with Gasteiger partial charge in [0, 0.05) is 17.4 Å². The molecule has 4 aliphatic carbocycles. The van der Waals surface area contributed by atoms with Crippen molar-refractivity contribution in [2.24, 2.45) is 29.1 Å². The molecule has 0 N–H and O–H groups in total. The number of benzene rings is 1. The molecule has 5 aliphatic rings. The maximum Gasteiger partial charge on any atom is 0.193 e. The first-order chi connectivity index (χ1) is 15.3. The summed E-state index contributed by atoms with van der Waals surface area (Å²) in [6, 6.07) is 10.1. The summed E-state index contributed by atoms with van der Waals surface area (Å²) in [4.78, 5) is 25.4. The molecule has 1 aliphatic heterocycles. The average molecular weight is 435 g/mol. The predicted octanol–water partition coefficient (Wildman–Crippen LogP) is 5.35. The van der Waals surface area contributed by atoms with E-state index in [1.54, 1.807) is 6.92 Å². The Hall–Kier alpha value is -1.78. The Morgan fingerprint density at radius 2 is 1.81 bits per heavy atom. The number of carbonyl (C=O) groups is 2. The quantitative estimate of drug-likeness (QED) is 0.629. The van der Waals surface area contributed by atoms with Gasteiger partial charge in [0.15, 0.2) is 23.0 Å². The van der Waals surface area contributed by atoms with E-state index in [4.69, 9.17) is 9.47 Å². The number of Topliss-reactive ketones (excluding diaryl/α,β-unsaturated/α-hetero) is 1. The van der Waals surface area contributed by atoms with Gasteiger partial charge in [-0.05, 0) is 82.1 Å². The fourth-order valence-electron chi connectivity index (χ4n) is 8.65. The second-order valence-corrected chi connectivity index (χ2v) is 11.3. The average Bonchev–Trinajstić information content (AvgIpc) is 3.23.